The lowest BCUT2D eigenvalue weighted by Gasteiger charge is -2.45. The van der Waals surface area contributed by atoms with E-state index >= 15 is 0 Å². The second-order valence-electron chi connectivity index (χ2n) is 10.4. The molecule has 2 atom stereocenters. The minimum Gasteiger partial charge on any atom is -0.436 e. The molecule has 6 nitrogen and oxygen atoms in total. The lowest BCUT2D eigenvalue weighted by atomic mass is 9.75. The first-order chi connectivity index (χ1) is 15.6. The molecule has 1 aromatic heterocycles. The number of para-hydroxylation sites is 1. The minimum absolute atomic E-state index is 0.0690. The zero-order valence-electron chi connectivity index (χ0n) is 20.8. The molecule has 0 amide bonds. The molecule has 1 heterocycles. The van der Waals surface area contributed by atoms with Gasteiger partial charge in [0, 0.05) is 16.0 Å². The highest BCUT2D eigenvalue weighted by molar-refractivity contribution is 7.85. The molecule has 3 aromatic rings. The van der Waals surface area contributed by atoms with Crippen molar-refractivity contribution in [2.45, 2.75) is 70.7 Å². The fraction of sp³-hybridized carbons (Fsp3) is 0.480. The Balaban J connectivity index is 2.21. The summed E-state index contributed by atoms with van der Waals surface area (Å²) < 4.78 is 47.3. The molecular weight excluding hydrogens is 490 g/mol. The standard InChI is InChI=1S/C25H34ClNO5SSi/c1-8-25(16-33(28,29)30,17(2)32-34(6,7)24(3,4)5)20-10-9-11-21-22(20)27-23(31-21)18-12-14-19(26)15-13-18/h9-15,17H,8,16H2,1-7H3,(H,28,29,30)/t17-,25+/m0/s1. The number of rotatable bonds is 8. The summed E-state index contributed by atoms with van der Waals surface area (Å²) in [4.78, 5) is 4.75. The summed E-state index contributed by atoms with van der Waals surface area (Å²) in [6, 6.07) is 12.6. The van der Waals surface area contributed by atoms with Gasteiger partial charge in [0.25, 0.3) is 10.1 Å². The van der Waals surface area contributed by atoms with Gasteiger partial charge in [-0.3, -0.25) is 4.55 Å². The molecule has 34 heavy (non-hydrogen) atoms. The van der Waals surface area contributed by atoms with E-state index in [1.807, 2.05) is 38.1 Å². The Morgan fingerprint density at radius 1 is 1.15 bits per heavy atom. The smallest absolute Gasteiger partial charge is 0.265 e. The van der Waals surface area contributed by atoms with Gasteiger partial charge >= 0.3 is 0 Å². The Kier molecular flexibility index (Phi) is 7.42. The molecule has 1 N–H and O–H groups in total. The average Bonchev–Trinajstić information content (AvgIpc) is 3.15. The third-order valence-corrected chi connectivity index (χ3v) is 12.9. The van der Waals surface area contributed by atoms with Gasteiger partial charge in [-0.15, -0.1) is 0 Å². The van der Waals surface area contributed by atoms with Crippen molar-refractivity contribution < 1.29 is 21.8 Å². The molecule has 9 heteroatoms. The van der Waals surface area contributed by atoms with Crippen LogP contribution in [-0.4, -0.2) is 38.1 Å². The van der Waals surface area contributed by atoms with Crippen molar-refractivity contribution in [3.8, 4) is 11.5 Å². The van der Waals surface area contributed by atoms with Crippen LogP contribution in [0.3, 0.4) is 0 Å². The Labute approximate surface area is 208 Å². The summed E-state index contributed by atoms with van der Waals surface area (Å²) >= 11 is 6.02. The molecule has 0 spiro atoms. The van der Waals surface area contributed by atoms with Crippen molar-refractivity contribution in [1.82, 2.24) is 4.98 Å². The minimum atomic E-state index is -4.33. The molecule has 3 rings (SSSR count). The Hall–Kier alpha value is -1.71. The lowest BCUT2D eigenvalue weighted by molar-refractivity contribution is 0.114. The molecule has 0 radical (unpaired) electrons. The van der Waals surface area contributed by atoms with E-state index in [1.54, 1.807) is 18.2 Å². The first-order valence-electron chi connectivity index (χ1n) is 11.4. The number of nitrogens with zero attached hydrogens (tertiary/aromatic N) is 1. The molecule has 0 fully saturated rings. The maximum Gasteiger partial charge on any atom is 0.265 e. The van der Waals surface area contributed by atoms with Crippen molar-refractivity contribution in [2.75, 3.05) is 5.75 Å². The van der Waals surface area contributed by atoms with Gasteiger partial charge in [0.2, 0.25) is 5.89 Å². The number of hydrogen-bond acceptors (Lipinski definition) is 5. The van der Waals surface area contributed by atoms with E-state index < -0.39 is 35.7 Å². The van der Waals surface area contributed by atoms with Crippen LogP contribution in [-0.2, 0) is 20.0 Å². The predicted molar refractivity (Wildman–Crippen MR) is 141 cm³/mol. The fourth-order valence-electron chi connectivity index (χ4n) is 4.12. The molecule has 0 bridgehead atoms. The summed E-state index contributed by atoms with van der Waals surface area (Å²) in [5.74, 6) is -0.0666. The van der Waals surface area contributed by atoms with Crippen molar-refractivity contribution in [3.05, 3.63) is 53.1 Å². The highest BCUT2D eigenvalue weighted by atomic mass is 35.5. The molecule has 0 aliphatic carbocycles. The first kappa shape index (κ1) is 26.9. The molecule has 2 aromatic carbocycles. The fourth-order valence-corrected chi connectivity index (χ4v) is 6.95. The summed E-state index contributed by atoms with van der Waals surface area (Å²) in [7, 11) is -6.59. The van der Waals surface area contributed by atoms with E-state index in [9.17, 15) is 13.0 Å². The number of aromatic nitrogens is 1. The summed E-state index contributed by atoms with van der Waals surface area (Å²) in [5.41, 5.74) is 1.50. The molecule has 0 aliphatic heterocycles. The van der Waals surface area contributed by atoms with Gasteiger partial charge in [-0.1, -0.05) is 51.4 Å². The maximum absolute atomic E-state index is 12.3. The van der Waals surface area contributed by atoms with Gasteiger partial charge in [0.15, 0.2) is 13.9 Å². The van der Waals surface area contributed by atoms with Crippen LogP contribution in [0.2, 0.25) is 23.2 Å². The average molecular weight is 524 g/mol. The topological polar surface area (TPSA) is 89.6 Å². The molecule has 0 unspecified atom stereocenters. The van der Waals surface area contributed by atoms with Crippen LogP contribution in [0.15, 0.2) is 46.9 Å². The third kappa shape index (κ3) is 5.41. The van der Waals surface area contributed by atoms with E-state index in [2.05, 4.69) is 33.9 Å². The van der Waals surface area contributed by atoms with E-state index in [1.165, 1.54) is 0 Å². The Morgan fingerprint density at radius 2 is 1.76 bits per heavy atom. The summed E-state index contributed by atoms with van der Waals surface area (Å²) in [5, 5.41) is 0.538. The molecule has 0 aliphatic rings. The van der Waals surface area contributed by atoms with Crippen molar-refractivity contribution in [1.29, 1.82) is 0 Å². The molecule has 0 saturated heterocycles. The summed E-state index contributed by atoms with van der Waals surface area (Å²) in [6.07, 6.45) is -0.0771. The van der Waals surface area contributed by atoms with E-state index in [0.29, 0.717) is 34.0 Å². The molecule has 0 saturated carbocycles. The van der Waals surface area contributed by atoms with Gasteiger partial charge < -0.3 is 8.84 Å². The molecule has 186 valence electrons. The van der Waals surface area contributed by atoms with Gasteiger partial charge in [0.05, 0.1) is 11.9 Å². The normalized spacial score (nSPS) is 15.9. The van der Waals surface area contributed by atoms with Gasteiger partial charge in [-0.2, -0.15) is 8.42 Å². The van der Waals surface area contributed by atoms with Crippen molar-refractivity contribution >= 4 is 41.1 Å². The monoisotopic (exact) mass is 523 g/mol. The highest BCUT2D eigenvalue weighted by Gasteiger charge is 2.47. The second kappa shape index (κ2) is 9.39. The van der Waals surface area contributed by atoms with Gasteiger partial charge in [0.1, 0.15) is 5.52 Å². The molecular formula is C25H34ClNO5SSi. The summed E-state index contributed by atoms with van der Waals surface area (Å²) in [6.45, 7) is 14.5. The van der Waals surface area contributed by atoms with Crippen LogP contribution < -0.4 is 0 Å². The SMILES string of the molecule is CC[C@](CS(=O)(=O)O)(c1cccc2oc(-c3ccc(Cl)cc3)nc12)[C@H](C)O[Si](C)(C)C(C)(C)C. The quantitative estimate of drug-likeness (QED) is 0.250. The highest BCUT2D eigenvalue weighted by Crippen LogP contribution is 2.44. The lowest BCUT2D eigenvalue weighted by Crippen LogP contribution is -2.52. The largest absolute Gasteiger partial charge is 0.436 e. The van der Waals surface area contributed by atoms with Crippen LogP contribution in [0.25, 0.3) is 22.6 Å². The number of hydrogen-bond donors (Lipinski definition) is 1. The number of oxazole rings is 1. The Morgan fingerprint density at radius 3 is 2.29 bits per heavy atom. The van der Waals surface area contributed by atoms with Crippen LogP contribution in [0.5, 0.6) is 0 Å². The van der Waals surface area contributed by atoms with Crippen LogP contribution in [0.1, 0.15) is 46.6 Å². The maximum atomic E-state index is 12.3. The zero-order valence-corrected chi connectivity index (χ0v) is 23.4. The van der Waals surface area contributed by atoms with Gasteiger partial charge in [-0.05, 0) is 67.4 Å². The second-order valence-corrected chi connectivity index (χ2v) is 17.1. The first-order valence-corrected chi connectivity index (χ1v) is 16.3. The third-order valence-electron chi connectivity index (χ3n) is 7.17. The van der Waals surface area contributed by atoms with E-state index in [4.69, 9.17) is 25.4 Å². The van der Waals surface area contributed by atoms with Crippen LogP contribution in [0, 0.1) is 0 Å². The van der Waals surface area contributed by atoms with Crippen molar-refractivity contribution in [2.24, 2.45) is 0 Å². The van der Waals surface area contributed by atoms with Crippen LogP contribution in [0.4, 0.5) is 0 Å². The Bertz CT molecular complexity index is 1260. The number of fused-ring (bicyclic) bond motifs is 1. The van der Waals surface area contributed by atoms with E-state index in [-0.39, 0.29) is 5.04 Å². The van der Waals surface area contributed by atoms with Crippen LogP contribution >= 0.6 is 11.6 Å². The number of benzene rings is 2. The van der Waals surface area contributed by atoms with E-state index in [0.717, 1.165) is 5.56 Å². The van der Waals surface area contributed by atoms with Crippen molar-refractivity contribution in [3.63, 3.8) is 0 Å². The van der Waals surface area contributed by atoms with Gasteiger partial charge in [-0.25, -0.2) is 4.98 Å². The predicted octanol–water partition coefficient (Wildman–Crippen LogP) is 7.09. The number of halogens is 1. The zero-order chi connectivity index (χ0) is 25.5.